The Morgan fingerprint density at radius 3 is 2.23 bits per heavy atom. The van der Waals surface area contributed by atoms with Crippen molar-refractivity contribution in [3.05, 3.63) is 59.9 Å². The van der Waals surface area contributed by atoms with Gasteiger partial charge in [0.05, 0.1) is 14.2 Å². The Kier molecular flexibility index (Phi) is 10.1. The summed E-state index contributed by atoms with van der Waals surface area (Å²) in [5.41, 5.74) is 2.16. The zero-order valence-electron chi connectivity index (χ0n) is 18.0. The number of rotatable bonds is 9. The van der Waals surface area contributed by atoms with E-state index in [-0.39, 0.29) is 24.0 Å². The lowest BCUT2D eigenvalue weighted by Crippen LogP contribution is -2.38. The molecular formula is C22H29IN6O2. The lowest BCUT2D eigenvalue weighted by Gasteiger charge is -2.11. The molecular weight excluding hydrogens is 507 g/mol. The van der Waals surface area contributed by atoms with Gasteiger partial charge in [-0.05, 0) is 55.3 Å². The number of aromatic amines is 1. The summed E-state index contributed by atoms with van der Waals surface area (Å²) in [5.74, 6) is 3.75. The highest BCUT2D eigenvalue weighted by Crippen LogP contribution is 2.19. The summed E-state index contributed by atoms with van der Waals surface area (Å²) in [4.78, 5) is 9.13. The molecule has 1 heterocycles. The smallest absolute Gasteiger partial charge is 0.191 e. The van der Waals surface area contributed by atoms with Crippen LogP contribution in [0.1, 0.15) is 18.3 Å². The zero-order valence-corrected chi connectivity index (χ0v) is 20.3. The van der Waals surface area contributed by atoms with E-state index in [2.05, 4.69) is 42.9 Å². The largest absolute Gasteiger partial charge is 0.497 e. The quantitative estimate of drug-likeness (QED) is 0.221. The monoisotopic (exact) mass is 536 g/mol. The maximum absolute atomic E-state index is 5.19. The van der Waals surface area contributed by atoms with Crippen LogP contribution in [0.15, 0.2) is 53.5 Å². The molecule has 0 spiro atoms. The fourth-order valence-electron chi connectivity index (χ4n) is 2.85. The molecule has 0 aliphatic heterocycles. The van der Waals surface area contributed by atoms with E-state index >= 15 is 0 Å². The first-order chi connectivity index (χ1) is 14.7. The van der Waals surface area contributed by atoms with E-state index < -0.39 is 0 Å². The summed E-state index contributed by atoms with van der Waals surface area (Å²) < 4.78 is 10.4. The predicted octanol–water partition coefficient (Wildman–Crippen LogP) is 3.40. The summed E-state index contributed by atoms with van der Waals surface area (Å²) in [6, 6.07) is 15.7. The van der Waals surface area contributed by atoms with E-state index in [1.54, 1.807) is 14.2 Å². The molecule has 3 rings (SSSR count). The summed E-state index contributed by atoms with van der Waals surface area (Å²) in [6.07, 6.45) is 0.887. The fourth-order valence-corrected chi connectivity index (χ4v) is 2.85. The average Bonchev–Trinajstić information content (AvgIpc) is 3.27. The Bertz CT molecular complexity index is 941. The van der Waals surface area contributed by atoms with Gasteiger partial charge in [0, 0.05) is 18.7 Å². The van der Waals surface area contributed by atoms with Crippen LogP contribution >= 0.6 is 24.0 Å². The molecule has 9 heteroatoms. The second-order valence-electron chi connectivity index (χ2n) is 6.55. The molecule has 0 saturated carbocycles. The topological polar surface area (TPSA) is 96.5 Å². The minimum Gasteiger partial charge on any atom is -0.497 e. The summed E-state index contributed by atoms with van der Waals surface area (Å²) in [6.45, 7) is 3.99. The number of aromatic nitrogens is 3. The number of benzene rings is 2. The number of methoxy groups -OCH3 is 2. The van der Waals surface area contributed by atoms with Gasteiger partial charge in [-0.25, -0.2) is 9.98 Å². The van der Waals surface area contributed by atoms with Gasteiger partial charge >= 0.3 is 0 Å². The lowest BCUT2D eigenvalue weighted by atomic mass is 10.1. The Labute approximate surface area is 199 Å². The SMILES string of the molecule is CCNC(=NCc1nc(-c2ccc(OC)cc2)n[nH]1)NCCc1ccc(OC)cc1.I. The van der Waals surface area contributed by atoms with Gasteiger partial charge in [-0.3, -0.25) is 5.10 Å². The van der Waals surface area contributed by atoms with Crippen molar-refractivity contribution < 1.29 is 9.47 Å². The van der Waals surface area contributed by atoms with Gasteiger partial charge in [-0.2, -0.15) is 5.10 Å². The van der Waals surface area contributed by atoms with E-state index in [1.165, 1.54) is 5.56 Å². The third-order valence-corrected chi connectivity index (χ3v) is 4.48. The van der Waals surface area contributed by atoms with Crippen LogP contribution in [-0.2, 0) is 13.0 Å². The van der Waals surface area contributed by atoms with Crippen LogP contribution in [0.4, 0.5) is 0 Å². The molecule has 0 saturated heterocycles. The number of nitrogens with one attached hydrogen (secondary N) is 3. The Morgan fingerprint density at radius 2 is 1.61 bits per heavy atom. The molecule has 0 fully saturated rings. The van der Waals surface area contributed by atoms with Crippen molar-refractivity contribution in [2.75, 3.05) is 27.3 Å². The Balaban J connectivity index is 0.00000341. The highest BCUT2D eigenvalue weighted by atomic mass is 127. The highest BCUT2D eigenvalue weighted by Gasteiger charge is 2.06. The van der Waals surface area contributed by atoms with Crippen molar-refractivity contribution in [2.24, 2.45) is 4.99 Å². The lowest BCUT2D eigenvalue weighted by molar-refractivity contribution is 0.414. The van der Waals surface area contributed by atoms with Gasteiger partial charge in [-0.15, -0.1) is 24.0 Å². The molecule has 0 unspecified atom stereocenters. The summed E-state index contributed by atoms with van der Waals surface area (Å²) in [5, 5.41) is 13.8. The molecule has 0 aliphatic carbocycles. The third kappa shape index (κ3) is 7.42. The first-order valence-electron chi connectivity index (χ1n) is 9.92. The molecule has 0 amide bonds. The van der Waals surface area contributed by atoms with Crippen LogP contribution in [0.5, 0.6) is 11.5 Å². The van der Waals surface area contributed by atoms with Crippen molar-refractivity contribution >= 4 is 29.9 Å². The normalized spacial score (nSPS) is 10.9. The molecule has 2 aromatic carbocycles. The second-order valence-corrected chi connectivity index (χ2v) is 6.55. The van der Waals surface area contributed by atoms with E-state index in [0.717, 1.165) is 42.5 Å². The fraction of sp³-hybridized carbons (Fsp3) is 0.318. The van der Waals surface area contributed by atoms with Crippen molar-refractivity contribution in [3.8, 4) is 22.9 Å². The van der Waals surface area contributed by atoms with Gasteiger partial charge < -0.3 is 20.1 Å². The number of halogens is 1. The van der Waals surface area contributed by atoms with Gasteiger partial charge in [0.1, 0.15) is 23.9 Å². The molecule has 0 atom stereocenters. The molecule has 1 aromatic heterocycles. The van der Waals surface area contributed by atoms with Gasteiger partial charge in [0.25, 0.3) is 0 Å². The number of H-pyrrole nitrogens is 1. The predicted molar refractivity (Wildman–Crippen MR) is 133 cm³/mol. The van der Waals surface area contributed by atoms with Crippen molar-refractivity contribution in [2.45, 2.75) is 19.9 Å². The molecule has 0 radical (unpaired) electrons. The van der Waals surface area contributed by atoms with E-state index in [1.807, 2.05) is 43.3 Å². The van der Waals surface area contributed by atoms with Crippen molar-refractivity contribution in [3.63, 3.8) is 0 Å². The molecule has 0 aliphatic rings. The first kappa shape index (κ1) is 24.4. The van der Waals surface area contributed by atoms with Crippen LogP contribution in [-0.4, -0.2) is 48.5 Å². The average molecular weight is 536 g/mol. The molecule has 3 aromatic rings. The number of guanidine groups is 1. The number of hydrogen-bond donors (Lipinski definition) is 3. The van der Waals surface area contributed by atoms with Gasteiger partial charge in [0.15, 0.2) is 11.8 Å². The zero-order chi connectivity index (χ0) is 21.2. The minimum absolute atomic E-state index is 0. The minimum atomic E-state index is 0. The van der Waals surface area contributed by atoms with Crippen LogP contribution < -0.4 is 20.1 Å². The van der Waals surface area contributed by atoms with E-state index in [4.69, 9.17) is 9.47 Å². The Morgan fingerprint density at radius 1 is 0.968 bits per heavy atom. The van der Waals surface area contributed by atoms with Crippen molar-refractivity contribution in [1.82, 2.24) is 25.8 Å². The summed E-state index contributed by atoms with van der Waals surface area (Å²) >= 11 is 0. The molecule has 166 valence electrons. The molecule has 8 nitrogen and oxygen atoms in total. The second kappa shape index (κ2) is 12.8. The number of hydrogen-bond acceptors (Lipinski definition) is 5. The molecule has 31 heavy (non-hydrogen) atoms. The maximum Gasteiger partial charge on any atom is 0.191 e. The van der Waals surface area contributed by atoms with Gasteiger partial charge in [0.2, 0.25) is 0 Å². The van der Waals surface area contributed by atoms with Crippen LogP contribution in [0.2, 0.25) is 0 Å². The number of nitrogens with zero attached hydrogens (tertiary/aromatic N) is 3. The molecule has 3 N–H and O–H groups in total. The van der Waals surface area contributed by atoms with Crippen LogP contribution in [0.25, 0.3) is 11.4 Å². The van der Waals surface area contributed by atoms with Crippen LogP contribution in [0.3, 0.4) is 0 Å². The standard InChI is InChI=1S/C22H28N6O2.HI/c1-4-23-22(24-14-13-16-5-9-18(29-2)10-6-16)25-15-20-26-21(28-27-20)17-7-11-19(30-3)12-8-17;/h5-12H,4,13-15H2,1-3H3,(H2,23,24,25)(H,26,27,28);1H. The molecule has 0 bridgehead atoms. The van der Waals surface area contributed by atoms with E-state index in [9.17, 15) is 0 Å². The van der Waals surface area contributed by atoms with Crippen LogP contribution in [0, 0.1) is 0 Å². The Hall–Kier alpha value is -2.82. The van der Waals surface area contributed by atoms with Crippen molar-refractivity contribution in [1.29, 1.82) is 0 Å². The first-order valence-corrected chi connectivity index (χ1v) is 9.92. The summed E-state index contributed by atoms with van der Waals surface area (Å²) in [7, 11) is 3.31. The van der Waals surface area contributed by atoms with E-state index in [0.29, 0.717) is 18.2 Å². The highest BCUT2D eigenvalue weighted by molar-refractivity contribution is 14.0. The maximum atomic E-state index is 5.19. The van der Waals surface area contributed by atoms with Gasteiger partial charge in [-0.1, -0.05) is 12.1 Å². The number of ether oxygens (including phenoxy) is 2. The number of aliphatic imine (C=N–C) groups is 1. The third-order valence-electron chi connectivity index (χ3n) is 4.48.